The third-order valence-electron chi connectivity index (χ3n) is 8.11. The van der Waals surface area contributed by atoms with E-state index >= 15 is 0 Å². The molecule has 0 heterocycles. The summed E-state index contributed by atoms with van der Waals surface area (Å²) in [4.78, 5) is 70.3. The van der Waals surface area contributed by atoms with E-state index in [9.17, 15) is 42.0 Å². The lowest BCUT2D eigenvalue weighted by Gasteiger charge is -2.13. The van der Waals surface area contributed by atoms with Crippen molar-refractivity contribution in [2.45, 2.75) is 169 Å². The molecule has 1 aromatic rings. The maximum Gasteiger partial charge on any atom is 0.318 e. The van der Waals surface area contributed by atoms with Gasteiger partial charge in [0.15, 0.2) is 0 Å². The van der Waals surface area contributed by atoms with E-state index in [-0.39, 0.29) is 43.4 Å². The number of aliphatic carboxylic acids is 7. The maximum atomic E-state index is 11.0. The fraction of sp³-hybridized carbons (Fsp3) is 0.667. The predicted molar refractivity (Wildman–Crippen MR) is 226 cm³/mol. The van der Waals surface area contributed by atoms with Crippen molar-refractivity contribution in [2.75, 3.05) is 0 Å². The predicted octanol–water partition coefficient (Wildman–Crippen LogP) is 8.45. The highest BCUT2D eigenvalue weighted by atomic mass is 79.9. The first-order chi connectivity index (χ1) is 27.6. The molecule has 0 bridgehead atoms. The quantitative estimate of drug-likeness (QED) is 0.0255. The Morgan fingerprint density at radius 2 is 0.627 bits per heavy atom. The minimum atomic E-state index is -3.73. The number of carboxylic acid groups (broad SMARTS) is 7. The molecule has 17 nitrogen and oxygen atoms in total. The van der Waals surface area contributed by atoms with Crippen LogP contribution < -0.4 is 5.14 Å². The van der Waals surface area contributed by atoms with Gasteiger partial charge in [-0.3, -0.25) is 33.6 Å². The zero-order valence-corrected chi connectivity index (χ0v) is 37.5. The van der Waals surface area contributed by atoms with Crippen molar-refractivity contribution in [2.24, 2.45) is 5.14 Å². The van der Waals surface area contributed by atoms with Crippen molar-refractivity contribution < 1.29 is 77.7 Å². The van der Waals surface area contributed by atoms with Gasteiger partial charge in [-0.2, -0.15) is 0 Å². The standard InChI is InChI=1S/3C10H18O4.C9H9Br2NO4S/c3*11-9(12)7-5-3-1-2-4-6-8-10(13)14;10-7(8(11)9(13)14)5-1-3-6(4-2-5)17(12,15)16/h3*1-8H2,(H,11,12)(H,13,14);1-4,7-8H,(H,13,14)(H2,12,15,16). The molecule has 59 heavy (non-hydrogen) atoms. The second kappa shape index (κ2) is 38.6. The van der Waals surface area contributed by atoms with Gasteiger partial charge in [0.25, 0.3) is 0 Å². The highest BCUT2D eigenvalue weighted by Crippen LogP contribution is 2.31. The Balaban J connectivity index is -0.000000712. The van der Waals surface area contributed by atoms with Crippen LogP contribution in [0.4, 0.5) is 0 Å². The first kappa shape index (κ1) is 59.7. The SMILES string of the molecule is NS(=O)(=O)c1ccc(C(Br)C(Br)C(=O)O)cc1.O=C(O)CCCCCCCCC(=O)O.O=C(O)CCCCCCCCC(=O)O.O=C(O)CCCCCCCCC(=O)O. The van der Waals surface area contributed by atoms with Crippen LogP contribution in [0.1, 0.15) is 164 Å². The van der Waals surface area contributed by atoms with E-state index in [0.717, 1.165) is 116 Å². The number of nitrogens with two attached hydrogens (primary N) is 1. The molecule has 9 N–H and O–H groups in total. The van der Waals surface area contributed by atoms with Crippen LogP contribution in [-0.4, -0.2) is 90.8 Å². The fourth-order valence-electron chi connectivity index (χ4n) is 4.91. The van der Waals surface area contributed by atoms with E-state index in [4.69, 9.17) is 40.9 Å². The zero-order chi connectivity index (χ0) is 45.6. The molecular formula is C39H63Br2NO16S. The van der Waals surface area contributed by atoms with Crippen LogP contribution in [0.15, 0.2) is 29.2 Å². The molecule has 340 valence electrons. The molecule has 20 heteroatoms. The second-order valence-electron chi connectivity index (χ2n) is 13.5. The van der Waals surface area contributed by atoms with Gasteiger partial charge < -0.3 is 35.7 Å². The molecule has 0 radical (unpaired) electrons. The highest BCUT2D eigenvalue weighted by Gasteiger charge is 2.24. The van der Waals surface area contributed by atoms with Crippen LogP contribution in [0.2, 0.25) is 0 Å². The molecule has 0 saturated heterocycles. The molecule has 0 amide bonds. The summed E-state index contributed by atoms with van der Waals surface area (Å²) in [7, 11) is -3.73. The van der Waals surface area contributed by atoms with E-state index < -0.39 is 61.5 Å². The van der Waals surface area contributed by atoms with Crippen molar-refractivity contribution >= 4 is 83.7 Å². The van der Waals surface area contributed by atoms with Crippen LogP contribution >= 0.6 is 31.9 Å². The topological polar surface area (TPSA) is 321 Å². The first-order valence-electron chi connectivity index (χ1n) is 19.6. The molecule has 0 saturated carbocycles. The third kappa shape index (κ3) is 45.3. The maximum absolute atomic E-state index is 11.0. The Hall–Kier alpha value is -3.62. The molecular weight excluding hydrogens is 930 g/mol. The highest BCUT2D eigenvalue weighted by molar-refractivity contribution is 9.12. The number of hydrogen-bond donors (Lipinski definition) is 8. The van der Waals surface area contributed by atoms with Crippen LogP contribution in [0.3, 0.4) is 0 Å². The number of unbranched alkanes of at least 4 members (excludes halogenated alkanes) is 15. The number of rotatable bonds is 31. The molecule has 0 aliphatic carbocycles. The monoisotopic (exact) mass is 991 g/mol. The Morgan fingerprint density at radius 3 is 0.797 bits per heavy atom. The summed E-state index contributed by atoms with van der Waals surface area (Å²) in [5, 5.41) is 63.9. The first-order valence-corrected chi connectivity index (χ1v) is 22.9. The van der Waals surface area contributed by atoms with Crippen molar-refractivity contribution in [3.05, 3.63) is 29.8 Å². The molecule has 0 aliphatic heterocycles. The van der Waals surface area contributed by atoms with E-state index in [1.54, 1.807) is 0 Å². The number of carboxylic acids is 7. The minimum absolute atomic E-state index is 0.0117. The average Bonchev–Trinajstić information content (AvgIpc) is 3.14. The van der Waals surface area contributed by atoms with Crippen molar-refractivity contribution in [3.63, 3.8) is 0 Å². The minimum Gasteiger partial charge on any atom is -0.481 e. The van der Waals surface area contributed by atoms with Crippen LogP contribution in [0.25, 0.3) is 0 Å². The zero-order valence-electron chi connectivity index (χ0n) is 33.5. The summed E-state index contributed by atoms with van der Waals surface area (Å²) in [5.74, 6) is -5.45. The number of hydrogen-bond acceptors (Lipinski definition) is 9. The molecule has 1 aromatic carbocycles. The number of primary sulfonamides is 1. The van der Waals surface area contributed by atoms with Gasteiger partial charge in [-0.15, -0.1) is 0 Å². The second-order valence-corrected chi connectivity index (χ2v) is 17.0. The van der Waals surface area contributed by atoms with Gasteiger partial charge in [-0.25, -0.2) is 13.6 Å². The summed E-state index contributed by atoms with van der Waals surface area (Å²) in [6, 6.07) is 5.69. The number of benzene rings is 1. The van der Waals surface area contributed by atoms with Crippen LogP contribution in [0, 0.1) is 0 Å². The lowest BCUT2D eigenvalue weighted by Crippen LogP contribution is -2.18. The molecule has 0 aromatic heterocycles. The Kier molecular flexibility index (Phi) is 39.0. The van der Waals surface area contributed by atoms with Crippen molar-refractivity contribution in [1.82, 2.24) is 0 Å². The lowest BCUT2D eigenvalue weighted by atomic mass is 10.1. The Bertz CT molecular complexity index is 1300. The number of alkyl halides is 2. The summed E-state index contributed by atoms with van der Waals surface area (Å²) in [6.45, 7) is 0. The summed E-state index contributed by atoms with van der Waals surface area (Å²) >= 11 is 6.23. The van der Waals surface area contributed by atoms with Gasteiger partial charge in [0.1, 0.15) is 4.83 Å². The van der Waals surface area contributed by atoms with Gasteiger partial charge >= 0.3 is 41.8 Å². The molecule has 2 atom stereocenters. The third-order valence-corrected chi connectivity index (χ3v) is 11.7. The van der Waals surface area contributed by atoms with Crippen LogP contribution in [0.5, 0.6) is 0 Å². The van der Waals surface area contributed by atoms with Crippen molar-refractivity contribution in [3.8, 4) is 0 Å². The van der Waals surface area contributed by atoms with Gasteiger partial charge in [0, 0.05) is 38.5 Å². The molecule has 0 aliphatic rings. The molecule has 0 fully saturated rings. The van der Waals surface area contributed by atoms with E-state index in [1.807, 2.05) is 0 Å². The van der Waals surface area contributed by atoms with Gasteiger partial charge in [-0.05, 0) is 56.2 Å². The number of sulfonamides is 1. The molecule has 0 spiro atoms. The van der Waals surface area contributed by atoms with Gasteiger partial charge in [0.2, 0.25) is 10.0 Å². The summed E-state index contributed by atoms with van der Waals surface area (Å²) in [5.41, 5.74) is 0.640. The summed E-state index contributed by atoms with van der Waals surface area (Å²) < 4.78 is 22.0. The number of carbonyl (C=O) groups is 7. The largest absolute Gasteiger partial charge is 0.481 e. The summed E-state index contributed by atoms with van der Waals surface area (Å²) in [6.07, 6.45) is 17.5. The van der Waals surface area contributed by atoms with Gasteiger partial charge in [0.05, 0.1) is 9.72 Å². The van der Waals surface area contributed by atoms with Crippen LogP contribution in [-0.2, 0) is 43.6 Å². The lowest BCUT2D eigenvalue weighted by molar-refractivity contribution is -0.138. The fourth-order valence-corrected chi connectivity index (χ4v) is 6.27. The van der Waals surface area contributed by atoms with Gasteiger partial charge in [-0.1, -0.05) is 121 Å². The number of halogens is 2. The average molecular weight is 994 g/mol. The van der Waals surface area contributed by atoms with E-state index in [1.165, 1.54) is 24.3 Å². The normalized spacial score (nSPS) is 11.5. The van der Waals surface area contributed by atoms with E-state index in [2.05, 4.69) is 31.9 Å². The molecule has 2 unspecified atom stereocenters. The smallest absolute Gasteiger partial charge is 0.318 e. The van der Waals surface area contributed by atoms with Crippen molar-refractivity contribution in [1.29, 1.82) is 0 Å². The van der Waals surface area contributed by atoms with E-state index in [0.29, 0.717) is 5.56 Å². The Morgan fingerprint density at radius 1 is 0.424 bits per heavy atom. The Labute approximate surface area is 363 Å². The molecule has 1 rings (SSSR count).